The van der Waals surface area contributed by atoms with Gasteiger partial charge < -0.3 is 10.4 Å². The first kappa shape index (κ1) is 18.2. The molecule has 1 unspecified atom stereocenters. The summed E-state index contributed by atoms with van der Waals surface area (Å²) in [7, 11) is 0. The highest BCUT2D eigenvalue weighted by Gasteiger charge is 2.44. The van der Waals surface area contributed by atoms with Gasteiger partial charge in [0.2, 0.25) is 5.91 Å². The van der Waals surface area contributed by atoms with Crippen LogP contribution in [0.1, 0.15) is 37.7 Å². The molecule has 6 heteroatoms. The summed E-state index contributed by atoms with van der Waals surface area (Å²) < 4.78 is 27.5. The van der Waals surface area contributed by atoms with Crippen molar-refractivity contribution in [2.45, 2.75) is 43.6 Å². The molecular weight excluding hydrogens is 320 g/mol. The molecule has 23 heavy (non-hydrogen) atoms. The van der Waals surface area contributed by atoms with Crippen molar-refractivity contribution >= 4 is 17.7 Å². The average Bonchev–Trinajstić information content (AvgIpc) is 2.98. The fourth-order valence-electron chi connectivity index (χ4n) is 3.35. The van der Waals surface area contributed by atoms with Crippen molar-refractivity contribution in [1.82, 2.24) is 5.32 Å². The maximum absolute atomic E-state index is 14.3. The van der Waals surface area contributed by atoms with E-state index in [1.165, 1.54) is 12.1 Å². The quantitative estimate of drug-likeness (QED) is 0.800. The number of aliphatic hydroxyl groups excluding tert-OH is 1. The summed E-state index contributed by atoms with van der Waals surface area (Å²) in [5, 5.41) is 12.1. The minimum atomic E-state index is -0.927. The molecule has 0 saturated heterocycles. The number of amides is 1. The minimum absolute atomic E-state index is 0.0105. The number of thioether (sulfide) groups is 1. The number of nitrogens with one attached hydrogen (secondary N) is 1. The Morgan fingerprint density at radius 2 is 2.09 bits per heavy atom. The Balaban J connectivity index is 2.27. The molecule has 1 atom stereocenters. The topological polar surface area (TPSA) is 49.3 Å². The molecule has 128 valence electrons. The molecule has 3 nitrogen and oxygen atoms in total. The lowest BCUT2D eigenvalue weighted by molar-refractivity contribution is -0.127. The van der Waals surface area contributed by atoms with Gasteiger partial charge in [0.05, 0.1) is 5.41 Å². The third-order valence-corrected chi connectivity index (χ3v) is 5.25. The number of hydrogen-bond donors (Lipinski definition) is 2. The van der Waals surface area contributed by atoms with Crippen LogP contribution >= 0.6 is 11.8 Å². The van der Waals surface area contributed by atoms with Gasteiger partial charge in [0, 0.05) is 30.0 Å². The second-order valence-corrected chi connectivity index (χ2v) is 6.96. The fourth-order valence-corrected chi connectivity index (χ4v) is 4.00. The predicted molar refractivity (Wildman–Crippen MR) is 88.5 cm³/mol. The van der Waals surface area contributed by atoms with Crippen LogP contribution in [0.2, 0.25) is 0 Å². The summed E-state index contributed by atoms with van der Waals surface area (Å²) in [6.45, 7) is -0.0105. The van der Waals surface area contributed by atoms with Crippen molar-refractivity contribution in [3.05, 3.63) is 35.4 Å². The molecule has 1 amide bonds. The van der Waals surface area contributed by atoms with Crippen LogP contribution in [0.15, 0.2) is 18.2 Å². The van der Waals surface area contributed by atoms with Gasteiger partial charge >= 0.3 is 0 Å². The molecule has 1 saturated carbocycles. The van der Waals surface area contributed by atoms with Crippen LogP contribution in [0.5, 0.6) is 0 Å². The molecular formula is C17H23F2NO2S. The standard InChI is InChI=1S/C17H23F2NO2S/c1-23-11-13(6-9-21)20-16(22)17(7-2-3-8-17)14-5-4-12(18)10-15(14)19/h4-5,10,13,21H,2-3,6-9,11H2,1H3,(H,20,22). The Morgan fingerprint density at radius 3 is 2.65 bits per heavy atom. The van der Waals surface area contributed by atoms with Crippen molar-refractivity contribution in [1.29, 1.82) is 0 Å². The van der Waals surface area contributed by atoms with E-state index in [-0.39, 0.29) is 24.1 Å². The zero-order valence-electron chi connectivity index (χ0n) is 13.3. The van der Waals surface area contributed by atoms with Crippen LogP contribution in [-0.2, 0) is 10.2 Å². The number of carbonyl (C=O) groups excluding carboxylic acids is 1. The number of aliphatic hydroxyl groups is 1. The first-order chi connectivity index (χ1) is 11.0. The zero-order chi connectivity index (χ0) is 16.9. The predicted octanol–water partition coefficient (Wildman–Crippen LogP) is 3.01. The SMILES string of the molecule is CSCC(CCO)NC(=O)C1(c2ccc(F)cc2F)CCCC1. The summed E-state index contributed by atoms with van der Waals surface area (Å²) in [4.78, 5) is 12.9. The van der Waals surface area contributed by atoms with Crippen molar-refractivity contribution < 1.29 is 18.7 Å². The number of halogens is 2. The van der Waals surface area contributed by atoms with E-state index in [4.69, 9.17) is 5.11 Å². The van der Waals surface area contributed by atoms with E-state index in [2.05, 4.69) is 5.32 Å². The van der Waals surface area contributed by atoms with E-state index in [0.29, 0.717) is 25.0 Å². The number of carbonyl (C=O) groups is 1. The first-order valence-corrected chi connectivity index (χ1v) is 9.29. The van der Waals surface area contributed by atoms with Gasteiger partial charge in [0.15, 0.2) is 0 Å². The summed E-state index contributed by atoms with van der Waals surface area (Å²) >= 11 is 1.58. The largest absolute Gasteiger partial charge is 0.396 e. The number of hydrogen-bond acceptors (Lipinski definition) is 3. The lowest BCUT2D eigenvalue weighted by atomic mass is 9.77. The average molecular weight is 343 g/mol. The van der Waals surface area contributed by atoms with Gasteiger partial charge in [0.25, 0.3) is 0 Å². The molecule has 1 aromatic carbocycles. The van der Waals surface area contributed by atoms with Gasteiger partial charge in [-0.2, -0.15) is 11.8 Å². The summed E-state index contributed by atoms with van der Waals surface area (Å²) in [5.41, 5.74) is -0.648. The Kier molecular flexibility index (Phi) is 6.41. The van der Waals surface area contributed by atoms with Crippen LogP contribution in [0, 0.1) is 11.6 Å². The summed E-state index contributed by atoms with van der Waals surface area (Å²) in [5.74, 6) is -0.826. The Hall–Kier alpha value is -1.14. The minimum Gasteiger partial charge on any atom is -0.396 e. The van der Waals surface area contributed by atoms with Crippen molar-refractivity contribution in [3.8, 4) is 0 Å². The van der Waals surface area contributed by atoms with E-state index in [1.807, 2.05) is 6.26 Å². The maximum Gasteiger partial charge on any atom is 0.231 e. The lowest BCUT2D eigenvalue weighted by Crippen LogP contribution is -2.48. The van der Waals surface area contributed by atoms with Crippen LogP contribution in [0.25, 0.3) is 0 Å². The normalized spacial score (nSPS) is 17.9. The molecule has 0 spiro atoms. The van der Waals surface area contributed by atoms with Gasteiger partial charge in [-0.05, 0) is 31.6 Å². The third kappa shape index (κ3) is 4.04. The molecule has 1 aliphatic rings. The molecule has 0 heterocycles. The van der Waals surface area contributed by atoms with Crippen LogP contribution < -0.4 is 5.32 Å². The summed E-state index contributed by atoms with van der Waals surface area (Å²) in [6, 6.07) is 3.29. The molecule has 0 aliphatic heterocycles. The van der Waals surface area contributed by atoms with Crippen molar-refractivity contribution in [2.75, 3.05) is 18.6 Å². The molecule has 2 rings (SSSR count). The van der Waals surface area contributed by atoms with Gasteiger partial charge in [0.1, 0.15) is 11.6 Å². The van der Waals surface area contributed by atoms with E-state index < -0.39 is 17.0 Å². The van der Waals surface area contributed by atoms with Crippen LogP contribution in [-0.4, -0.2) is 35.7 Å². The molecule has 1 aromatic rings. The number of rotatable bonds is 7. The van der Waals surface area contributed by atoms with Crippen LogP contribution in [0.3, 0.4) is 0 Å². The Morgan fingerprint density at radius 1 is 1.39 bits per heavy atom. The first-order valence-electron chi connectivity index (χ1n) is 7.90. The highest BCUT2D eigenvalue weighted by molar-refractivity contribution is 7.98. The van der Waals surface area contributed by atoms with E-state index in [1.54, 1.807) is 11.8 Å². The smallest absolute Gasteiger partial charge is 0.231 e. The highest BCUT2D eigenvalue weighted by atomic mass is 32.2. The Labute approximate surface area is 139 Å². The monoisotopic (exact) mass is 343 g/mol. The Bertz CT molecular complexity index is 541. The third-order valence-electron chi connectivity index (χ3n) is 4.52. The van der Waals surface area contributed by atoms with Gasteiger partial charge in [-0.1, -0.05) is 18.9 Å². The second kappa shape index (κ2) is 8.11. The van der Waals surface area contributed by atoms with Gasteiger partial charge in [-0.3, -0.25) is 4.79 Å². The number of benzene rings is 1. The molecule has 0 aromatic heterocycles. The maximum atomic E-state index is 14.3. The molecule has 0 radical (unpaired) electrons. The second-order valence-electron chi connectivity index (χ2n) is 6.05. The van der Waals surface area contributed by atoms with E-state index in [0.717, 1.165) is 18.9 Å². The van der Waals surface area contributed by atoms with E-state index >= 15 is 0 Å². The van der Waals surface area contributed by atoms with Crippen molar-refractivity contribution in [3.63, 3.8) is 0 Å². The molecule has 2 N–H and O–H groups in total. The highest BCUT2D eigenvalue weighted by Crippen LogP contribution is 2.42. The lowest BCUT2D eigenvalue weighted by Gasteiger charge is -2.31. The van der Waals surface area contributed by atoms with Crippen LogP contribution in [0.4, 0.5) is 8.78 Å². The molecule has 1 fully saturated rings. The fraction of sp³-hybridized carbons (Fsp3) is 0.588. The van der Waals surface area contributed by atoms with Crippen molar-refractivity contribution in [2.24, 2.45) is 0 Å². The zero-order valence-corrected chi connectivity index (χ0v) is 14.1. The molecule has 0 bridgehead atoms. The summed E-state index contributed by atoms with van der Waals surface area (Å²) in [6.07, 6.45) is 5.21. The van der Waals surface area contributed by atoms with Gasteiger partial charge in [-0.15, -0.1) is 0 Å². The molecule has 1 aliphatic carbocycles. The van der Waals surface area contributed by atoms with E-state index in [9.17, 15) is 13.6 Å². The van der Waals surface area contributed by atoms with Gasteiger partial charge in [-0.25, -0.2) is 8.78 Å².